The van der Waals surface area contributed by atoms with Gasteiger partial charge >= 0.3 is 12.3 Å². The van der Waals surface area contributed by atoms with Crippen molar-refractivity contribution < 1.29 is 33.3 Å². The van der Waals surface area contributed by atoms with Gasteiger partial charge in [0, 0.05) is 15.5 Å². The lowest BCUT2D eigenvalue weighted by atomic mass is 9.95. The van der Waals surface area contributed by atoms with Crippen molar-refractivity contribution in [3.05, 3.63) is 55.8 Å². The van der Waals surface area contributed by atoms with Crippen LogP contribution in [0.3, 0.4) is 0 Å². The molecule has 1 aromatic rings. The van der Waals surface area contributed by atoms with E-state index < -0.39 is 18.2 Å². The predicted molar refractivity (Wildman–Crippen MR) is 95.9 cm³/mol. The lowest BCUT2D eigenvalue weighted by molar-refractivity contribution is 0.0787. The summed E-state index contributed by atoms with van der Waals surface area (Å²) in [4.78, 5) is 23.3. The molecule has 1 unspecified atom stereocenters. The van der Waals surface area contributed by atoms with E-state index in [0.717, 1.165) is 18.9 Å². The van der Waals surface area contributed by atoms with Crippen molar-refractivity contribution >= 4 is 47.3 Å². The average Bonchev–Trinajstić information content (AvgIpc) is 2.62. The van der Waals surface area contributed by atoms with Gasteiger partial charge in [-0.2, -0.15) is 0 Å². The van der Waals surface area contributed by atoms with Crippen LogP contribution in [-0.2, 0) is 23.7 Å². The summed E-state index contributed by atoms with van der Waals surface area (Å²) in [5.74, 6) is -0.685. The van der Waals surface area contributed by atoms with Crippen LogP contribution in [-0.4, -0.2) is 33.6 Å². The monoisotopic (exact) mass is 420 g/mol. The van der Waals surface area contributed by atoms with Gasteiger partial charge in [0.05, 0.1) is 21.3 Å². The lowest BCUT2D eigenvalue weighted by Gasteiger charge is -2.27. The molecule has 1 aromatic carbocycles. The van der Waals surface area contributed by atoms with Crippen molar-refractivity contribution in [2.75, 3.05) is 21.3 Å². The topological polar surface area (TPSA) is 80.3 Å². The Morgan fingerprint density at radius 2 is 1.69 bits per heavy atom. The highest BCUT2D eigenvalue weighted by Gasteiger charge is 2.36. The molecule has 0 aliphatic carbocycles. The number of benzene rings is 1. The van der Waals surface area contributed by atoms with Gasteiger partial charge in [-0.1, -0.05) is 41.0 Å². The number of rotatable bonds is 4. The van der Waals surface area contributed by atoms with E-state index in [1.54, 1.807) is 12.1 Å². The Hall–Kier alpha value is -2.03. The highest BCUT2D eigenvalue weighted by Crippen LogP contribution is 2.46. The van der Waals surface area contributed by atoms with Crippen molar-refractivity contribution in [1.29, 1.82) is 0 Å². The molecule has 1 heterocycles. The molecule has 140 valence electrons. The van der Waals surface area contributed by atoms with E-state index in [-0.39, 0.29) is 21.6 Å². The average molecular weight is 421 g/mol. The van der Waals surface area contributed by atoms with Crippen LogP contribution >= 0.6 is 35.0 Å². The Balaban J connectivity index is 2.56. The molecule has 0 fully saturated rings. The van der Waals surface area contributed by atoms with Crippen LogP contribution in [0.5, 0.6) is 0 Å². The number of thioether (sulfide) groups is 1. The van der Waals surface area contributed by atoms with Crippen molar-refractivity contribution in [1.82, 2.24) is 0 Å². The predicted octanol–water partition coefficient (Wildman–Crippen LogP) is 5.05. The van der Waals surface area contributed by atoms with Crippen molar-refractivity contribution in [3.63, 3.8) is 0 Å². The normalized spacial score (nSPS) is 16.5. The van der Waals surface area contributed by atoms with E-state index in [9.17, 15) is 9.59 Å². The fourth-order valence-corrected chi connectivity index (χ4v) is 3.41. The van der Waals surface area contributed by atoms with E-state index in [4.69, 9.17) is 37.4 Å². The van der Waals surface area contributed by atoms with Crippen LogP contribution in [0.1, 0.15) is 11.5 Å². The van der Waals surface area contributed by atoms with E-state index >= 15 is 0 Å². The van der Waals surface area contributed by atoms with Gasteiger partial charge < -0.3 is 23.7 Å². The summed E-state index contributed by atoms with van der Waals surface area (Å²) in [6.07, 6.45) is -1.91. The zero-order valence-corrected chi connectivity index (χ0v) is 16.2. The zero-order chi connectivity index (χ0) is 19.3. The fraction of sp³-hybridized carbons (Fsp3) is 0.250. The van der Waals surface area contributed by atoms with Gasteiger partial charge in [-0.3, -0.25) is 0 Å². The number of carbonyl (C=O) groups is 2. The van der Waals surface area contributed by atoms with Crippen molar-refractivity contribution in [3.8, 4) is 0 Å². The second kappa shape index (κ2) is 9.07. The largest absolute Gasteiger partial charge is 0.513 e. The van der Waals surface area contributed by atoms with E-state index in [1.165, 1.54) is 25.7 Å². The summed E-state index contributed by atoms with van der Waals surface area (Å²) in [6, 6.07) is 4.73. The lowest BCUT2D eigenvalue weighted by Crippen LogP contribution is -2.20. The van der Waals surface area contributed by atoms with Gasteiger partial charge in [0.1, 0.15) is 11.7 Å². The third-order valence-corrected chi connectivity index (χ3v) is 4.71. The molecule has 1 aliphatic rings. The zero-order valence-electron chi connectivity index (χ0n) is 13.9. The highest BCUT2D eigenvalue weighted by molar-refractivity contribution is 8.05. The Bertz CT molecular complexity index is 776. The Kier molecular flexibility index (Phi) is 7.07. The molecule has 0 bridgehead atoms. The number of ether oxygens (including phenoxy) is 5. The number of carbonyl (C=O) groups excluding carboxylic acids is 2. The summed E-state index contributed by atoms with van der Waals surface area (Å²) < 4.78 is 24.8. The third kappa shape index (κ3) is 4.57. The molecule has 10 heteroatoms. The maximum absolute atomic E-state index is 11.7. The number of hydrogen-bond acceptors (Lipinski definition) is 8. The minimum absolute atomic E-state index is 0.0509. The van der Waals surface area contributed by atoms with Gasteiger partial charge in [-0.05, 0) is 17.7 Å². The smallest absolute Gasteiger partial charge is 0.487 e. The minimum Gasteiger partial charge on any atom is -0.487 e. The van der Waals surface area contributed by atoms with Gasteiger partial charge in [-0.25, -0.2) is 9.59 Å². The third-order valence-electron chi connectivity index (χ3n) is 3.22. The molecule has 0 saturated heterocycles. The second-order valence-electron chi connectivity index (χ2n) is 4.71. The quantitative estimate of drug-likeness (QED) is 0.626. The first kappa shape index (κ1) is 20.3. The first-order valence-electron chi connectivity index (χ1n) is 7.02. The van der Waals surface area contributed by atoms with E-state index in [1.807, 2.05) is 0 Å². The number of halogens is 2. The molecule has 1 aliphatic heterocycles. The Morgan fingerprint density at radius 1 is 1.04 bits per heavy atom. The molecular weight excluding hydrogens is 407 g/mol. The molecule has 26 heavy (non-hydrogen) atoms. The minimum atomic E-state index is -0.968. The summed E-state index contributed by atoms with van der Waals surface area (Å²) >= 11 is 13.3. The summed E-state index contributed by atoms with van der Waals surface area (Å²) in [5.41, 5.74) is 0.472. The maximum atomic E-state index is 11.7. The number of hydrogen-bond donors (Lipinski definition) is 0. The Labute approximate surface area is 163 Å². The van der Waals surface area contributed by atoms with E-state index in [2.05, 4.69) is 9.47 Å². The Morgan fingerprint density at radius 3 is 2.27 bits per heavy atom. The van der Waals surface area contributed by atoms with Crippen LogP contribution in [0, 0.1) is 0 Å². The van der Waals surface area contributed by atoms with Crippen LogP contribution in [0.4, 0.5) is 9.59 Å². The molecule has 0 N–H and O–H groups in total. The van der Waals surface area contributed by atoms with Gasteiger partial charge in [0.15, 0.2) is 10.9 Å². The molecule has 0 amide bonds. The summed E-state index contributed by atoms with van der Waals surface area (Å²) in [6.45, 7) is 0. The molecule has 0 saturated carbocycles. The maximum Gasteiger partial charge on any atom is 0.513 e. The molecule has 7 nitrogen and oxygen atoms in total. The van der Waals surface area contributed by atoms with Gasteiger partial charge in [-0.15, -0.1) is 0 Å². The molecular formula is C16H14Cl2O7S. The standard InChI is InChI=1S/C16H14Cl2O7S/c1-21-14-13(25-16(20)23-3)12(9-5-4-8(17)6-10(9)18)11(7-26-14)24-15(19)22-2/h4-7,12H,1-3H3. The SMILES string of the molecule is COC(=O)OC1=CSC(OC)=C(OC(=O)OC)C1c1ccc(Cl)cc1Cl. The second-order valence-corrected chi connectivity index (χ2v) is 6.39. The molecule has 0 aromatic heterocycles. The van der Waals surface area contributed by atoms with Crippen LogP contribution in [0.25, 0.3) is 0 Å². The molecule has 1 atom stereocenters. The molecule has 0 radical (unpaired) electrons. The highest BCUT2D eigenvalue weighted by atomic mass is 35.5. The fourth-order valence-electron chi connectivity index (χ4n) is 2.12. The summed E-state index contributed by atoms with van der Waals surface area (Å²) in [5, 5.41) is 2.48. The van der Waals surface area contributed by atoms with Crippen LogP contribution in [0.2, 0.25) is 10.0 Å². The van der Waals surface area contributed by atoms with Crippen molar-refractivity contribution in [2.45, 2.75) is 5.92 Å². The van der Waals surface area contributed by atoms with Crippen LogP contribution in [0.15, 0.2) is 40.2 Å². The molecule has 0 spiro atoms. The van der Waals surface area contributed by atoms with Gasteiger partial charge in [0.2, 0.25) is 0 Å². The summed E-state index contributed by atoms with van der Waals surface area (Å²) in [7, 11) is 3.74. The van der Waals surface area contributed by atoms with Crippen molar-refractivity contribution in [2.24, 2.45) is 0 Å². The van der Waals surface area contributed by atoms with E-state index in [0.29, 0.717) is 10.6 Å². The number of methoxy groups -OCH3 is 3. The van der Waals surface area contributed by atoms with Crippen LogP contribution < -0.4 is 0 Å². The first-order chi connectivity index (χ1) is 12.4. The van der Waals surface area contributed by atoms with Gasteiger partial charge in [0.25, 0.3) is 0 Å². The first-order valence-corrected chi connectivity index (χ1v) is 8.66. The molecule has 2 rings (SSSR count).